The Morgan fingerprint density at radius 1 is 0.714 bits per heavy atom. The molecule has 156 valence electrons. The van der Waals surface area contributed by atoms with E-state index in [2.05, 4.69) is 69.2 Å². The number of rotatable bonds is 4. The van der Waals surface area contributed by atoms with Crippen LogP contribution in [0.1, 0.15) is 82.1 Å². The van der Waals surface area contributed by atoms with Gasteiger partial charge in [0, 0.05) is 48.1 Å². The maximum Gasteiger partial charge on any atom is 0.0913 e. The molecule has 0 saturated heterocycles. The van der Waals surface area contributed by atoms with Crippen LogP contribution in [-0.2, 0) is 26.2 Å². The van der Waals surface area contributed by atoms with Gasteiger partial charge < -0.3 is 0 Å². The fourth-order valence-electron chi connectivity index (χ4n) is 5.45. The van der Waals surface area contributed by atoms with Gasteiger partial charge in [-0.3, -0.25) is 0 Å². The maximum absolute atomic E-state index is 7.03. The molecular formula is C24H38Cl2SiZr. The summed E-state index contributed by atoms with van der Waals surface area (Å²) in [5, 5.41) is 5.14. The second-order valence-electron chi connectivity index (χ2n) is 10.4. The number of hydrogen-bond donors (Lipinski definition) is 0. The first-order chi connectivity index (χ1) is 12.3. The van der Waals surface area contributed by atoms with Crippen LogP contribution in [0.5, 0.6) is 0 Å². The predicted octanol–water partition coefficient (Wildman–Crippen LogP) is 7.86. The van der Waals surface area contributed by atoms with Gasteiger partial charge in [0.15, 0.2) is 0 Å². The Morgan fingerprint density at radius 2 is 1.00 bits per heavy atom. The van der Waals surface area contributed by atoms with Crippen molar-refractivity contribution in [1.29, 1.82) is 0 Å². The van der Waals surface area contributed by atoms with E-state index in [9.17, 15) is 0 Å². The molecule has 0 spiro atoms. The molecule has 0 aromatic carbocycles. The molecule has 2 aliphatic rings. The Morgan fingerprint density at radius 3 is 1.21 bits per heavy atom. The maximum atomic E-state index is 7.03. The first kappa shape index (κ1) is 26.7. The normalized spacial score (nSPS) is 24.4. The monoisotopic (exact) mass is 514 g/mol. The summed E-state index contributed by atoms with van der Waals surface area (Å²) in [5.74, 6) is 0.795. The van der Waals surface area contributed by atoms with E-state index in [0.717, 1.165) is 22.9 Å². The number of hydrogen-bond acceptors (Lipinski definition) is 0. The molecule has 0 radical (unpaired) electrons. The van der Waals surface area contributed by atoms with Crippen molar-refractivity contribution in [3.05, 3.63) is 42.7 Å². The van der Waals surface area contributed by atoms with E-state index in [4.69, 9.17) is 23.2 Å². The van der Waals surface area contributed by atoms with E-state index in [0.29, 0.717) is 11.8 Å². The van der Waals surface area contributed by atoms with Crippen molar-refractivity contribution in [2.45, 2.75) is 82.1 Å². The van der Waals surface area contributed by atoms with Gasteiger partial charge in [0.25, 0.3) is 0 Å². The molecule has 0 aliphatic heterocycles. The summed E-state index contributed by atoms with van der Waals surface area (Å²) >= 11 is 14.1. The van der Waals surface area contributed by atoms with Crippen molar-refractivity contribution in [3.63, 3.8) is 0 Å². The van der Waals surface area contributed by atoms with Gasteiger partial charge in [-0.05, 0) is 59.1 Å². The summed E-state index contributed by atoms with van der Waals surface area (Å²) in [6.07, 6.45) is 2.15. The van der Waals surface area contributed by atoms with Crippen molar-refractivity contribution in [2.24, 2.45) is 22.7 Å². The third-order valence-corrected chi connectivity index (χ3v) is 9.90. The largest absolute Gasteiger partial charge is 0.0913 e. The standard InChI is InChI=1S/C24H38Cl2Si.Zr/c1-11-15-13(3)17(23(5,6)7)21(19(15)25)27-22-18(24(8,9)10)14(4)16(12-2)20(22)26;/h15-16H,11-12,27H2,1-10H3;. The Kier molecular flexibility index (Phi) is 8.97. The van der Waals surface area contributed by atoms with Gasteiger partial charge in [0.05, 0.1) is 9.52 Å². The molecule has 0 amide bonds. The molecular weight excluding hydrogens is 478 g/mol. The Balaban J connectivity index is 0.00000392. The number of allylic oxidation sites excluding steroid dienone is 8. The average molecular weight is 517 g/mol. The van der Waals surface area contributed by atoms with E-state index in [1.54, 1.807) is 0 Å². The van der Waals surface area contributed by atoms with Gasteiger partial charge in [-0.1, -0.05) is 89.7 Å². The van der Waals surface area contributed by atoms with Crippen molar-refractivity contribution in [1.82, 2.24) is 0 Å². The molecule has 2 unspecified atom stereocenters. The molecule has 4 heteroatoms. The van der Waals surface area contributed by atoms with Crippen LogP contribution in [0.25, 0.3) is 0 Å². The molecule has 2 atom stereocenters. The zero-order valence-electron chi connectivity index (χ0n) is 19.5. The second-order valence-corrected chi connectivity index (χ2v) is 12.9. The van der Waals surface area contributed by atoms with Crippen LogP contribution in [0.4, 0.5) is 0 Å². The van der Waals surface area contributed by atoms with Gasteiger partial charge in [-0.15, -0.1) is 0 Å². The van der Waals surface area contributed by atoms with Gasteiger partial charge in [-0.25, -0.2) is 0 Å². The fraction of sp³-hybridized carbons (Fsp3) is 0.667. The molecule has 0 aromatic heterocycles. The summed E-state index contributed by atoms with van der Waals surface area (Å²) in [4.78, 5) is 0. The summed E-state index contributed by atoms with van der Waals surface area (Å²) in [5.41, 5.74) is 6.22. The van der Waals surface area contributed by atoms with Crippen molar-refractivity contribution >= 4 is 32.7 Å². The second kappa shape index (κ2) is 9.42. The van der Waals surface area contributed by atoms with Crippen LogP contribution < -0.4 is 0 Å². The summed E-state index contributed by atoms with van der Waals surface area (Å²) < 4.78 is 0. The Labute approximate surface area is 205 Å². The molecule has 0 saturated carbocycles. The van der Waals surface area contributed by atoms with Crippen LogP contribution in [0.2, 0.25) is 0 Å². The first-order valence-electron chi connectivity index (χ1n) is 10.5. The van der Waals surface area contributed by atoms with Crippen LogP contribution in [-0.4, -0.2) is 9.52 Å². The van der Waals surface area contributed by atoms with Gasteiger partial charge in [0.1, 0.15) is 0 Å². The third kappa shape index (κ3) is 4.76. The zero-order valence-corrected chi connectivity index (χ0v) is 24.9. The third-order valence-electron chi connectivity index (χ3n) is 6.30. The van der Waals surface area contributed by atoms with Crippen molar-refractivity contribution < 1.29 is 26.2 Å². The van der Waals surface area contributed by atoms with E-state index in [-0.39, 0.29) is 37.0 Å². The van der Waals surface area contributed by atoms with Crippen LogP contribution in [0.15, 0.2) is 42.7 Å². The minimum Gasteiger partial charge on any atom is -0.0886 e. The average Bonchev–Trinajstić information content (AvgIpc) is 2.89. The number of halogens is 2. The van der Waals surface area contributed by atoms with E-state index in [1.807, 2.05) is 0 Å². The minimum atomic E-state index is -0.751. The molecule has 0 N–H and O–H groups in total. The van der Waals surface area contributed by atoms with Crippen molar-refractivity contribution in [3.8, 4) is 0 Å². The summed E-state index contributed by atoms with van der Waals surface area (Å²) in [6.45, 7) is 23.1. The fourth-order valence-corrected chi connectivity index (χ4v) is 9.83. The molecule has 2 aliphatic carbocycles. The topological polar surface area (TPSA) is 0 Å². The van der Waals surface area contributed by atoms with Gasteiger partial charge in [0.2, 0.25) is 0 Å². The molecule has 0 nitrogen and oxygen atoms in total. The van der Waals surface area contributed by atoms with E-state index < -0.39 is 9.52 Å². The quantitative estimate of drug-likeness (QED) is 0.334. The van der Waals surface area contributed by atoms with Gasteiger partial charge in [-0.2, -0.15) is 0 Å². The molecule has 2 rings (SSSR count). The van der Waals surface area contributed by atoms with Crippen molar-refractivity contribution in [2.75, 3.05) is 0 Å². The Hall–Kier alpha value is 0.640. The SMILES string of the molecule is CCC1C(C)=C(C(C)(C)C)C([SiH2]C2=C(Cl)C(CC)C(C)=C2C(C)(C)C)=C1Cl.[Zr]. The van der Waals surface area contributed by atoms with E-state index in [1.165, 1.54) is 32.7 Å². The molecule has 0 aromatic rings. The zero-order chi connectivity index (χ0) is 20.9. The van der Waals surface area contributed by atoms with E-state index >= 15 is 0 Å². The van der Waals surface area contributed by atoms with Crippen LogP contribution in [0.3, 0.4) is 0 Å². The molecule has 0 bridgehead atoms. The smallest absolute Gasteiger partial charge is 0.0886 e. The summed E-state index contributed by atoms with van der Waals surface area (Å²) in [6, 6.07) is 0. The Bertz CT molecular complexity index is 690. The predicted molar refractivity (Wildman–Crippen MR) is 126 cm³/mol. The van der Waals surface area contributed by atoms with Crippen LogP contribution in [0, 0.1) is 22.7 Å². The minimum absolute atomic E-state index is 0. The molecule has 0 heterocycles. The first-order valence-corrected chi connectivity index (χ1v) is 12.6. The molecule has 0 fully saturated rings. The van der Waals surface area contributed by atoms with Crippen LogP contribution >= 0.6 is 23.2 Å². The molecule has 28 heavy (non-hydrogen) atoms. The summed E-state index contributed by atoms with van der Waals surface area (Å²) in [7, 11) is -0.751. The van der Waals surface area contributed by atoms with Gasteiger partial charge >= 0.3 is 0 Å².